The molecule has 1 aromatic heterocycles. The zero-order valence-corrected chi connectivity index (χ0v) is 18.6. The van der Waals surface area contributed by atoms with Gasteiger partial charge in [-0.3, -0.25) is 4.79 Å². The molecule has 0 unspecified atom stereocenters. The van der Waals surface area contributed by atoms with E-state index in [-0.39, 0.29) is 29.9 Å². The van der Waals surface area contributed by atoms with Crippen molar-refractivity contribution < 1.29 is 18.7 Å². The number of methoxy groups -OCH3 is 2. The van der Waals surface area contributed by atoms with Crippen LogP contribution in [0.5, 0.6) is 11.5 Å². The van der Waals surface area contributed by atoms with E-state index in [1.165, 1.54) is 6.26 Å². The van der Waals surface area contributed by atoms with Crippen molar-refractivity contribution in [1.82, 2.24) is 16.0 Å². The van der Waals surface area contributed by atoms with Crippen LogP contribution in [0.1, 0.15) is 23.0 Å². The summed E-state index contributed by atoms with van der Waals surface area (Å²) in [5.74, 6) is 2.16. The van der Waals surface area contributed by atoms with E-state index >= 15 is 0 Å². The molecule has 9 heteroatoms. The first-order valence-corrected chi connectivity index (χ1v) is 8.72. The highest BCUT2D eigenvalue weighted by atomic mass is 127. The van der Waals surface area contributed by atoms with Gasteiger partial charge in [-0.1, -0.05) is 0 Å². The molecule has 28 heavy (non-hydrogen) atoms. The number of halogens is 1. The summed E-state index contributed by atoms with van der Waals surface area (Å²) in [5, 5.41) is 9.13. The molecule has 0 saturated carbocycles. The Kier molecular flexibility index (Phi) is 10.8. The first-order valence-electron chi connectivity index (χ1n) is 8.72. The van der Waals surface area contributed by atoms with Crippen LogP contribution in [0.25, 0.3) is 0 Å². The van der Waals surface area contributed by atoms with Gasteiger partial charge in [0, 0.05) is 31.3 Å². The second kappa shape index (κ2) is 12.9. The summed E-state index contributed by atoms with van der Waals surface area (Å²) in [5.41, 5.74) is 0.946. The topological polar surface area (TPSA) is 97.1 Å². The SMILES string of the molecule is CCNC(=NCc1ccc(OC)cc1OC)NCCNC(=O)c1ccco1.I. The summed E-state index contributed by atoms with van der Waals surface area (Å²) in [6.45, 7) is 4.13. The third-order valence-corrected chi connectivity index (χ3v) is 3.69. The number of ether oxygens (including phenoxy) is 2. The molecule has 0 fully saturated rings. The standard InChI is InChI=1S/C19H26N4O4.HI/c1-4-20-19(22-10-9-21-18(24)16-6-5-11-27-16)23-13-14-7-8-15(25-2)12-17(14)26-3;/h5-8,11-12H,4,9-10,13H2,1-3H3,(H,21,24)(H2,20,22,23);1H. The fourth-order valence-corrected chi connectivity index (χ4v) is 2.34. The van der Waals surface area contributed by atoms with Crippen molar-refractivity contribution in [3.63, 3.8) is 0 Å². The van der Waals surface area contributed by atoms with Gasteiger partial charge in [0.05, 0.1) is 27.0 Å². The predicted octanol–water partition coefficient (Wildman–Crippen LogP) is 2.40. The second-order valence-corrected chi connectivity index (χ2v) is 5.53. The molecule has 3 N–H and O–H groups in total. The molecule has 8 nitrogen and oxygen atoms in total. The molecule has 0 aliphatic carbocycles. The third kappa shape index (κ3) is 7.29. The molecule has 0 spiro atoms. The van der Waals surface area contributed by atoms with Gasteiger partial charge in [-0.15, -0.1) is 24.0 Å². The lowest BCUT2D eigenvalue weighted by atomic mass is 10.2. The number of guanidine groups is 1. The monoisotopic (exact) mass is 502 g/mol. The summed E-state index contributed by atoms with van der Waals surface area (Å²) in [6, 6.07) is 8.93. The molecule has 0 radical (unpaired) electrons. The van der Waals surface area contributed by atoms with Crippen LogP contribution in [0.15, 0.2) is 46.0 Å². The van der Waals surface area contributed by atoms with Gasteiger partial charge in [-0.05, 0) is 31.2 Å². The molecule has 1 aromatic carbocycles. The molecule has 1 heterocycles. The Morgan fingerprint density at radius 1 is 1.11 bits per heavy atom. The predicted molar refractivity (Wildman–Crippen MR) is 119 cm³/mol. The van der Waals surface area contributed by atoms with E-state index in [1.54, 1.807) is 26.4 Å². The van der Waals surface area contributed by atoms with Crippen LogP contribution in [-0.2, 0) is 6.54 Å². The summed E-state index contributed by atoms with van der Waals surface area (Å²) >= 11 is 0. The quantitative estimate of drug-likeness (QED) is 0.211. The van der Waals surface area contributed by atoms with Crippen LogP contribution in [0.3, 0.4) is 0 Å². The zero-order valence-electron chi connectivity index (χ0n) is 16.3. The van der Waals surface area contributed by atoms with Crippen molar-refractivity contribution in [3.8, 4) is 11.5 Å². The van der Waals surface area contributed by atoms with Gasteiger partial charge in [0.15, 0.2) is 11.7 Å². The molecule has 0 aliphatic rings. The van der Waals surface area contributed by atoms with Gasteiger partial charge >= 0.3 is 0 Å². The van der Waals surface area contributed by atoms with Crippen LogP contribution >= 0.6 is 24.0 Å². The van der Waals surface area contributed by atoms with E-state index < -0.39 is 0 Å². The molecule has 0 atom stereocenters. The van der Waals surface area contributed by atoms with Crippen molar-refractivity contribution in [2.45, 2.75) is 13.5 Å². The number of carbonyl (C=O) groups excluding carboxylic acids is 1. The summed E-state index contributed by atoms with van der Waals surface area (Å²) < 4.78 is 15.6. The second-order valence-electron chi connectivity index (χ2n) is 5.53. The van der Waals surface area contributed by atoms with E-state index in [2.05, 4.69) is 20.9 Å². The number of nitrogens with one attached hydrogen (secondary N) is 3. The van der Waals surface area contributed by atoms with Gasteiger partial charge < -0.3 is 29.8 Å². The fraction of sp³-hybridized carbons (Fsp3) is 0.368. The van der Waals surface area contributed by atoms with Crippen molar-refractivity contribution in [2.24, 2.45) is 4.99 Å². The number of aliphatic imine (C=N–C) groups is 1. The van der Waals surface area contributed by atoms with Gasteiger partial charge in [0.25, 0.3) is 5.91 Å². The molecule has 1 amide bonds. The highest BCUT2D eigenvalue weighted by Crippen LogP contribution is 2.25. The summed E-state index contributed by atoms with van der Waals surface area (Å²) in [6.07, 6.45) is 1.47. The summed E-state index contributed by atoms with van der Waals surface area (Å²) in [4.78, 5) is 16.4. The lowest BCUT2D eigenvalue weighted by molar-refractivity contribution is 0.0926. The Labute approximate surface area is 182 Å². The fourth-order valence-electron chi connectivity index (χ4n) is 2.34. The molecular formula is C19H27IN4O4. The minimum absolute atomic E-state index is 0. The number of benzene rings is 1. The highest BCUT2D eigenvalue weighted by molar-refractivity contribution is 14.0. The number of carbonyl (C=O) groups is 1. The molecule has 0 aliphatic heterocycles. The first kappa shape index (κ1) is 23.6. The number of nitrogens with zero attached hydrogens (tertiary/aromatic N) is 1. The smallest absolute Gasteiger partial charge is 0.287 e. The van der Waals surface area contributed by atoms with Gasteiger partial charge in [0.2, 0.25) is 0 Å². The lowest BCUT2D eigenvalue weighted by Crippen LogP contribution is -2.41. The molecule has 0 bridgehead atoms. The van der Waals surface area contributed by atoms with E-state index in [0.29, 0.717) is 31.4 Å². The maximum atomic E-state index is 11.8. The Balaban J connectivity index is 0.00000392. The van der Waals surface area contributed by atoms with Crippen LogP contribution in [0, 0.1) is 0 Å². The minimum Gasteiger partial charge on any atom is -0.497 e. The Bertz CT molecular complexity index is 750. The number of hydrogen-bond acceptors (Lipinski definition) is 5. The molecule has 2 aromatic rings. The normalized spacial score (nSPS) is 10.6. The van der Waals surface area contributed by atoms with Gasteiger partial charge in [-0.2, -0.15) is 0 Å². The molecular weight excluding hydrogens is 475 g/mol. The minimum atomic E-state index is -0.244. The largest absolute Gasteiger partial charge is 0.497 e. The van der Waals surface area contributed by atoms with E-state index in [0.717, 1.165) is 23.6 Å². The van der Waals surface area contributed by atoms with E-state index in [9.17, 15) is 4.79 Å². The zero-order chi connectivity index (χ0) is 19.5. The Morgan fingerprint density at radius 2 is 1.89 bits per heavy atom. The number of rotatable bonds is 9. The maximum absolute atomic E-state index is 11.8. The van der Waals surface area contributed by atoms with E-state index in [4.69, 9.17) is 13.9 Å². The Morgan fingerprint density at radius 3 is 2.54 bits per heavy atom. The Hall–Kier alpha value is -2.43. The van der Waals surface area contributed by atoms with Crippen molar-refractivity contribution in [2.75, 3.05) is 33.9 Å². The van der Waals surface area contributed by atoms with Crippen LogP contribution in [-0.4, -0.2) is 45.7 Å². The first-order chi connectivity index (χ1) is 13.2. The van der Waals surface area contributed by atoms with Gasteiger partial charge in [-0.25, -0.2) is 4.99 Å². The van der Waals surface area contributed by atoms with Crippen LogP contribution in [0.2, 0.25) is 0 Å². The average molecular weight is 502 g/mol. The molecule has 154 valence electrons. The van der Waals surface area contributed by atoms with Crippen molar-refractivity contribution in [3.05, 3.63) is 47.9 Å². The number of hydrogen-bond donors (Lipinski definition) is 3. The molecule has 0 saturated heterocycles. The van der Waals surface area contributed by atoms with Gasteiger partial charge in [0.1, 0.15) is 11.5 Å². The number of furan rings is 1. The summed E-state index contributed by atoms with van der Waals surface area (Å²) in [7, 11) is 3.23. The highest BCUT2D eigenvalue weighted by Gasteiger charge is 2.08. The maximum Gasteiger partial charge on any atom is 0.287 e. The number of amides is 1. The average Bonchev–Trinajstić information content (AvgIpc) is 3.23. The van der Waals surface area contributed by atoms with Crippen molar-refractivity contribution in [1.29, 1.82) is 0 Å². The van der Waals surface area contributed by atoms with Crippen LogP contribution < -0.4 is 25.4 Å². The van der Waals surface area contributed by atoms with Crippen LogP contribution in [0.4, 0.5) is 0 Å². The lowest BCUT2D eigenvalue weighted by Gasteiger charge is -2.13. The molecule has 2 rings (SSSR count). The third-order valence-electron chi connectivity index (χ3n) is 3.69. The van der Waals surface area contributed by atoms with E-state index in [1.807, 2.05) is 25.1 Å². The van der Waals surface area contributed by atoms with Crippen molar-refractivity contribution >= 4 is 35.8 Å².